The summed E-state index contributed by atoms with van der Waals surface area (Å²) >= 11 is 0. The van der Waals surface area contributed by atoms with Gasteiger partial charge in [-0.1, -0.05) is 19.1 Å². The van der Waals surface area contributed by atoms with Crippen molar-refractivity contribution in [3.8, 4) is 0 Å². The summed E-state index contributed by atoms with van der Waals surface area (Å²) in [5, 5.41) is 0. The van der Waals surface area contributed by atoms with Gasteiger partial charge in [-0.25, -0.2) is 0 Å². The van der Waals surface area contributed by atoms with Crippen LogP contribution in [0.15, 0.2) is 48.8 Å². The molecule has 0 aliphatic carbocycles. The smallest absolute Gasteiger partial charge is 0.303 e. The molecule has 2 N–H and O–H groups in total. The van der Waals surface area contributed by atoms with Crippen LogP contribution >= 0.6 is 0 Å². The van der Waals surface area contributed by atoms with Crippen molar-refractivity contribution in [3.63, 3.8) is 0 Å². The van der Waals surface area contributed by atoms with E-state index in [0.29, 0.717) is 0 Å². The Morgan fingerprint density at radius 3 is 1.27 bits per heavy atom. The molecule has 2 aromatic heterocycles. The molecule has 0 saturated heterocycles. The minimum atomic E-state index is -5.84. The zero-order valence-electron chi connectivity index (χ0n) is 19.1. The maximum atomic E-state index is 10.7. The van der Waals surface area contributed by atoms with Gasteiger partial charge in [-0.15, -0.1) is 0 Å². The summed E-state index contributed by atoms with van der Waals surface area (Å²) in [6.07, 6.45) is 6.96. The van der Waals surface area contributed by atoms with Gasteiger partial charge in [-0.2, -0.15) is 43.2 Å². The number of hydrogen-bond acceptors (Lipinski definition) is 7. The van der Waals surface area contributed by atoms with E-state index < -0.39 is 31.3 Å². The second kappa shape index (κ2) is 16.9. The number of nitrogens with zero attached hydrogens (tertiary/aromatic N) is 3. The molecule has 18 heteroatoms. The van der Waals surface area contributed by atoms with E-state index in [4.69, 9.17) is 25.9 Å². The number of halogens is 6. The van der Waals surface area contributed by atoms with Crippen molar-refractivity contribution in [2.45, 2.75) is 37.2 Å². The molecule has 0 bridgehead atoms. The van der Waals surface area contributed by atoms with Crippen molar-refractivity contribution in [2.75, 3.05) is 19.6 Å². The summed E-state index contributed by atoms with van der Waals surface area (Å²) < 4.78 is 115. The van der Waals surface area contributed by atoms with E-state index in [0.717, 1.165) is 32.5 Å². The number of aromatic nitrogens is 2. The summed E-state index contributed by atoms with van der Waals surface area (Å²) in [6.45, 7) is 5.50. The van der Waals surface area contributed by atoms with E-state index in [1.165, 1.54) is 17.8 Å². The van der Waals surface area contributed by atoms with Crippen molar-refractivity contribution in [2.24, 2.45) is 0 Å². The third kappa shape index (κ3) is 17.3. The molecule has 0 saturated carbocycles. The molecule has 0 aliphatic rings. The average Bonchev–Trinajstić information content (AvgIpc) is 2.75. The summed E-state index contributed by atoms with van der Waals surface area (Å²) in [5.74, 6) is 0. The van der Waals surface area contributed by atoms with Gasteiger partial charge in [0.1, 0.15) is 0 Å². The van der Waals surface area contributed by atoms with Crippen molar-refractivity contribution in [3.05, 3.63) is 60.2 Å². The van der Waals surface area contributed by atoms with Gasteiger partial charge in [0.15, 0.2) is 0 Å². The van der Waals surface area contributed by atoms with Crippen molar-refractivity contribution < 1.29 is 69.4 Å². The second-order valence-corrected chi connectivity index (χ2v) is 9.65. The standard InChI is InChI=1S/C17H23N3.2CHF3O3S.Cu/c1-2-13-20(14-9-16-7-3-5-11-18-16)15-10-17-8-4-6-12-19-17;2*2-1(3,4)8(5,6)7;/h3-8,11-12H,2,9-10,13-15H2,1H3;2*(H,5,6,7);. The fourth-order valence-electron chi connectivity index (χ4n) is 2.29. The first-order valence-corrected chi connectivity index (χ1v) is 12.9. The van der Waals surface area contributed by atoms with E-state index in [-0.39, 0.29) is 17.1 Å². The Labute approximate surface area is 221 Å². The average molecular weight is 633 g/mol. The van der Waals surface area contributed by atoms with Crippen LogP contribution in [0.1, 0.15) is 24.7 Å². The van der Waals surface area contributed by atoms with Crippen LogP contribution in [0.3, 0.4) is 0 Å². The molecule has 0 fully saturated rings. The number of hydrogen-bond donors (Lipinski definition) is 2. The molecule has 0 unspecified atom stereocenters. The van der Waals surface area contributed by atoms with E-state index in [1.54, 1.807) is 0 Å². The van der Waals surface area contributed by atoms with Crippen LogP contribution in [0, 0.1) is 0 Å². The van der Waals surface area contributed by atoms with Gasteiger partial charge in [0.2, 0.25) is 0 Å². The summed E-state index contributed by atoms with van der Waals surface area (Å²) in [5.41, 5.74) is -8.72. The molecule has 1 radical (unpaired) electrons. The monoisotopic (exact) mass is 632 g/mol. The topological polar surface area (TPSA) is 138 Å². The summed E-state index contributed by atoms with van der Waals surface area (Å²) in [6, 6.07) is 12.2. The quantitative estimate of drug-likeness (QED) is 0.193. The van der Waals surface area contributed by atoms with E-state index in [9.17, 15) is 26.3 Å². The summed E-state index contributed by atoms with van der Waals surface area (Å²) in [4.78, 5) is 11.3. The number of alkyl halides is 6. The van der Waals surface area contributed by atoms with Crippen LogP contribution < -0.4 is 0 Å². The van der Waals surface area contributed by atoms with Crippen molar-refractivity contribution in [1.29, 1.82) is 0 Å². The molecule has 9 nitrogen and oxygen atoms in total. The first-order chi connectivity index (χ1) is 16.4. The molecule has 2 aromatic rings. The fourth-order valence-corrected chi connectivity index (χ4v) is 2.29. The third-order valence-corrected chi connectivity index (χ3v) is 5.12. The Hall–Kier alpha value is -1.82. The first kappa shape index (κ1) is 37.3. The predicted molar refractivity (Wildman–Crippen MR) is 118 cm³/mol. The van der Waals surface area contributed by atoms with Gasteiger partial charge in [0, 0.05) is 66.8 Å². The molecule has 0 aromatic carbocycles. The number of rotatable bonds is 8. The van der Waals surface area contributed by atoms with E-state index >= 15 is 0 Å². The Morgan fingerprint density at radius 2 is 1.05 bits per heavy atom. The van der Waals surface area contributed by atoms with Crippen LogP contribution in [-0.2, 0) is 50.1 Å². The Balaban J connectivity index is 0. The minimum absolute atomic E-state index is 0. The molecule has 217 valence electrons. The molecule has 0 spiro atoms. The Bertz CT molecular complexity index is 1010. The van der Waals surface area contributed by atoms with Crippen LogP contribution in [0.2, 0.25) is 0 Å². The largest absolute Gasteiger partial charge is 0.522 e. The van der Waals surface area contributed by atoms with Gasteiger partial charge in [0.05, 0.1) is 0 Å². The van der Waals surface area contributed by atoms with E-state index in [1.807, 2.05) is 24.5 Å². The first-order valence-electron chi connectivity index (χ1n) is 9.98. The fraction of sp³-hybridized carbons (Fsp3) is 0.474. The second-order valence-electron chi connectivity index (χ2n) is 6.83. The maximum Gasteiger partial charge on any atom is 0.522 e. The SMILES string of the molecule is CCCN(CCc1ccccn1)CCc1ccccn1.O=S(=O)(O)C(F)(F)F.O=S(=O)(O)C(F)(F)F.[Cu]. The normalized spacial score (nSPS) is 11.9. The van der Waals surface area contributed by atoms with E-state index in [2.05, 4.69) is 46.1 Å². The molecule has 0 atom stereocenters. The molecule has 2 heterocycles. The van der Waals surface area contributed by atoms with Crippen LogP contribution in [0.25, 0.3) is 0 Å². The summed E-state index contributed by atoms with van der Waals surface area (Å²) in [7, 11) is -11.7. The van der Waals surface area contributed by atoms with Crippen molar-refractivity contribution >= 4 is 20.2 Å². The van der Waals surface area contributed by atoms with Gasteiger partial charge in [-0.3, -0.25) is 19.1 Å². The molecule has 0 amide bonds. The zero-order valence-corrected chi connectivity index (χ0v) is 21.7. The van der Waals surface area contributed by atoms with Gasteiger partial charge < -0.3 is 4.90 Å². The third-order valence-electron chi connectivity index (χ3n) is 3.95. The van der Waals surface area contributed by atoms with Gasteiger partial charge in [-0.05, 0) is 37.2 Å². The molecule has 2 rings (SSSR count). The zero-order chi connectivity index (χ0) is 28.0. The van der Waals surface area contributed by atoms with Gasteiger partial charge in [0.25, 0.3) is 0 Å². The predicted octanol–water partition coefficient (Wildman–Crippen LogP) is 3.76. The Morgan fingerprint density at radius 1 is 0.730 bits per heavy atom. The van der Waals surface area contributed by atoms with Gasteiger partial charge >= 0.3 is 31.3 Å². The number of pyridine rings is 2. The molecule has 0 aliphatic heterocycles. The van der Waals surface area contributed by atoms with Crippen LogP contribution in [0.4, 0.5) is 26.3 Å². The van der Waals surface area contributed by atoms with Crippen molar-refractivity contribution in [1.82, 2.24) is 14.9 Å². The molecular weight excluding hydrogens is 608 g/mol. The van der Waals surface area contributed by atoms with Crippen LogP contribution in [-0.4, -0.2) is 71.5 Å². The van der Waals surface area contributed by atoms with Crippen LogP contribution in [0.5, 0.6) is 0 Å². The maximum absolute atomic E-state index is 10.7. The minimum Gasteiger partial charge on any atom is -0.303 e. The molecular formula is C19H25CuF6N3O6S2. The molecule has 37 heavy (non-hydrogen) atoms. The Kier molecular flexibility index (Phi) is 17.1.